The number of nitrogens with zero attached hydrogens (tertiary/aromatic N) is 2. The van der Waals surface area contributed by atoms with Gasteiger partial charge in [0.05, 0.1) is 19.8 Å². The first-order chi connectivity index (χ1) is 7.46. The van der Waals surface area contributed by atoms with Crippen LogP contribution in [0.1, 0.15) is 5.56 Å². The van der Waals surface area contributed by atoms with Crippen molar-refractivity contribution in [1.82, 2.24) is 9.97 Å². The highest BCUT2D eigenvalue weighted by Gasteiger charge is 2.06. The van der Waals surface area contributed by atoms with E-state index in [1.165, 1.54) is 26.5 Å². The van der Waals surface area contributed by atoms with Gasteiger partial charge < -0.3 is 9.47 Å². The Morgan fingerprint density at radius 3 is 2.56 bits per heavy atom. The Hall–Kier alpha value is -1.67. The summed E-state index contributed by atoms with van der Waals surface area (Å²) in [6.45, 7) is 0. The van der Waals surface area contributed by atoms with Crippen molar-refractivity contribution in [2.45, 2.75) is 0 Å². The van der Waals surface area contributed by atoms with Gasteiger partial charge in [-0.05, 0) is 6.08 Å². The Morgan fingerprint density at radius 2 is 2.06 bits per heavy atom. The number of ether oxygens (including phenoxy) is 2. The molecule has 0 aromatic carbocycles. The smallest absolute Gasteiger partial charge is 0.319 e. The number of hydrogen-bond donors (Lipinski definition) is 1. The van der Waals surface area contributed by atoms with Gasteiger partial charge in [-0.25, -0.2) is 18.5 Å². The van der Waals surface area contributed by atoms with Crippen molar-refractivity contribution < 1.29 is 17.9 Å². The Balaban J connectivity index is 3.10. The Bertz CT molecular complexity index is 498. The molecule has 1 heterocycles. The zero-order chi connectivity index (χ0) is 12.2. The summed E-state index contributed by atoms with van der Waals surface area (Å²) in [5.41, 5.74) is 0.386. The molecule has 0 atom stereocenters. The van der Waals surface area contributed by atoms with Gasteiger partial charge in [0, 0.05) is 11.6 Å². The minimum Gasteiger partial charge on any atom is -0.480 e. The van der Waals surface area contributed by atoms with E-state index in [9.17, 15) is 8.42 Å². The monoisotopic (exact) mass is 245 g/mol. The molecule has 8 heteroatoms. The van der Waals surface area contributed by atoms with Crippen molar-refractivity contribution in [2.75, 3.05) is 14.2 Å². The molecule has 1 rings (SSSR count). The number of nitrogens with two attached hydrogens (primary N) is 1. The van der Waals surface area contributed by atoms with E-state index in [2.05, 4.69) is 9.97 Å². The first-order valence-electron chi connectivity index (χ1n) is 4.12. The lowest BCUT2D eigenvalue weighted by Gasteiger charge is -2.04. The Labute approximate surface area is 93.0 Å². The molecule has 0 aliphatic rings. The third-order valence-corrected chi connectivity index (χ3v) is 2.09. The van der Waals surface area contributed by atoms with Gasteiger partial charge in [-0.15, -0.1) is 0 Å². The third kappa shape index (κ3) is 3.48. The second kappa shape index (κ2) is 4.90. The van der Waals surface area contributed by atoms with Crippen LogP contribution in [0.5, 0.6) is 11.9 Å². The predicted octanol–water partition coefficient (Wildman–Crippen LogP) is -0.247. The van der Waals surface area contributed by atoms with Gasteiger partial charge in [0.25, 0.3) is 0 Å². The molecule has 0 amide bonds. The lowest BCUT2D eigenvalue weighted by molar-refractivity contribution is 0.351. The van der Waals surface area contributed by atoms with Crippen molar-refractivity contribution in [3.05, 3.63) is 17.2 Å². The zero-order valence-electron chi connectivity index (χ0n) is 8.75. The molecule has 0 fully saturated rings. The Kier molecular flexibility index (Phi) is 3.80. The number of primary sulfonamides is 1. The minimum atomic E-state index is -3.69. The maximum Gasteiger partial charge on any atom is 0.319 e. The fraction of sp³-hybridized carbons (Fsp3) is 0.250. The average Bonchev–Trinajstić information content (AvgIpc) is 2.25. The van der Waals surface area contributed by atoms with Crippen molar-refractivity contribution in [3.8, 4) is 11.9 Å². The second-order valence-corrected chi connectivity index (χ2v) is 4.16. The predicted molar refractivity (Wildman–Crippen MR) is 57.3 cm³/mol. The topological polar surface area (TPSA) is 104 Å². The summed E-state index contributed by atoms with van der Waals surface area (Å²) in [7, 11) is -0.876. The highest BCUT2D eigenvalue weighted by molar-refractivity contribution is 7.92. The van der Waals surface area contributed by atoms with Crippen LogP contribution in [0.25, 0.3) is 6.08 Å². The van der Waals surface area contributed by atoms with E-state index in [0.29, 0.717) is 5.56 Å². The summed E-state index contributed by atoms with van der Waals surface area (Å²) in [4.78, 5) is 7.67. The zero-order valence-corrected chi connectivity index (χ0v) is 9.56. The quantitative estimate of drug-likeness (QED) is 0.784. The molecule has 0 aliphatic carbocycles. The van der Waals surface area contributed by atoms with Crippen LogP contribution < -0.4 is 14.6 Å². The fourth-order valence-corrected chi connectivity index (χ4v) is 1.24. The summed E-state index contributed by atoms with van der Waals surface area (Å²) in [5.74, 6) is 0.201. The Morgan fingerprint density at radius 1 is 1.38 bits per heavy atom. The van der Waals surface area contributed by atoms with E-state index >= 15 is 0 Å². The SMILES string of the molecule is COc1ncc(/C=C/S(N)(=O)=O)c(OC)n1. The van der Waals surface area contributed by atoms with Gasteiger partial charge in [0.15, 0.2) is 0 Å². The van der Waals surface area contributed by atoms with Gasteiger partial charge >= 0.3 is 6.01 Å². The molecule has 0 unspecified atom stereocenters. The average molecular weight is 245 g/mol. The standard InChI is InChI=1S/C8H11N3O4S/c1-14-7-6(3-4-16(9,12)13)5-10-8(11-7)15-2/h3-5H,1-2H3,(H2,9,12,13)/b4-3+. The molecule has 0 aliphatic heterocycles. The van der Waals surface area contributed by atoms with Gasteiger partial charge in [-0.3, -0.25) is 0 Å². The van der Waals surface area contributed by atoms with Crippen LogP contribution in [0.15, 0.2) is 11.6 Å². The van der Waals surface area contributed by atoms with Crippen LogP contribution >= 0.6 is 0 Å². The molecule has 16 heavy (non-hydrogen) atoms. The molecule has 1 aromatic heterocycles. The summed E-state index contributed by atoms with van der Waals surface area (Å²) >= 11 is 0. The van der Waals surface area contributed by atoms with Crippen molar-refractivity contribution in [1.29, 1.82) is 0 Å². The molecule has 0 spiro atoms. The lowest BCUT2D eigenvalue weighted by Crippen LogP contribution is -2.07. The highest BCUT2D eigenvalue weighted by atomic mass is 32.2. The largest absolute Gasteiger partial charge is 0.480 e. The van der Waals surface area contributed by atoms with E-state index in [4.69, 9.17) is 14.6 Å². The molecular formula is C8H11N3O4S. The van der Waals surface area contributed by atoms with Gasteiger partial charge in [0.2, 0.25) is 15.9 Å². The van der Waals surface area contributed by atoms with Crippen molar-refractivity contribution in [3.63, 3.8) is 0 Å². The molecule has 88 valence electrons. The van der Waals surface area contributed by atoms with Crippen LogP contribution in [-0.4, -0.2) is 32.6 Å². The molecular weight excluding hydrogens is 234 g/mol. The molecule has 1 aromatic rings. The molecule has 0 bridgehead atoms. The summed E-state index contributed by atoms with van der Waals surface area (Å²) in [5, 5.41) is 5.64. The van der Waals surface area contributed by atoms with Crippen LogP contribution in [0, 0.1) is 0 Å². The van der Waals surface area contributed by atoms with Gasteiger partial charge in [0.1, 0.15) is 0 Å². The van der Waals surface area contributed by atoms with Crippen molar-refractivity contribution in [2.24, 2.45) is 5.14 Å². The molecule has 0 radical (unpaired) electrons. The first-order valence-corrected chi connectivity index (χ1v) is 5.73. The van der Waals surface area contributed by atoms with Gasteiger partial charge in [-0.2, -0.15) is 4.98 Å². The van der Waals surface area contributed by atoms with E-state index in [-0.39, 0.29) is 11.9 Å². The normalized spacial score (nSPS) is 11.7. The lowest BCUT2D eigenvalue weighted by atomic mass is 10.3. The summed E-state index contributed by atoms with van der Waals surface area (Å²) in [6, 6.07) is 0.129. The van der Waals surface area contributed by atoms with Gasteiger partial charge in [-0.1, -0.05) is 0 Å². The van der Waals surface area contributed by atoms with Crippen LogP contribution in [0.3, 0.4) is 0 Å². The third-order valence-electron chi connectivity index (χ3n) is 1.57. The van der Waals surface area contributed by atoms with Crippen LogP contribution in [0.2, 0.25) is 0 Å². The van der Waals surface area contributed by atoms with E-state index < -0.39 is 10.0 Å². The number of aromatic nitrogens is 2. The minimum absolute atomic E-state index is 0.129. The molecule has 0 saturated heterocycles. The highest BCUT2D eigenvalue weighted by Crippen LogP contribution is 2.18. The number of rotatable bonds is 4. The van der Waals surface area contributed by atoms with E-state index in [1.54, 1.807) is 0 Å². The summed E-state index contributed by atoms with van der Waals surface area (Å²) in [6.07, 6.45) is 2.61. The second-order valence-electron chi connectivity index (χ2n) is 2.71. The van der Waals surface area contributed by atoms with Crippen molar-refractivity contribution >= 4 is 16.1 Å². The number of hydrogen-bond acceptors (Lipinski definition) is 6. The van der Waals surface area contributed by atoms with Crippen LogP contribution in [-0.2, 0) is 10.0 Å². The maximum atomic E-state index is 10.7. The molecule has 2 N–H and O–H groups in total. The maximum absolute atomic E-state index is 10.7. The molecule has 7 nitrogen and oxygen atoms in total. The number of sulfonamides is 1. The van der Waals surface area contributed by atoms with Crippen LogP contribution in [0.4, 0.5) is 0 Å². The van der Waals surface area contributed by atoms with E-state index in [0.717, 1.165) is 5.41 Å². The number of methoxy groups -OCH3 is 2. The molecule has 0 saturated carbocycles. The fourth-order valence-electron chi connectivity index (χ4n) is 0.905. The van der Waals surface area contributed by atoms with E-state index in [1.807, 2.05) is 0 Å². The summed E-state index contributed by atoms with van der Waals surface area (Å²) < 4.78 is 31.1. The first kappa shape index (κ1) is 12.4.